The zero-order valence-corrected chi connectivity index (χ0v) is 19.2. The van der Waals surface area contributed by atoms with Crippen LogP contribution in [-0.4, -0.2) is 28.2 Å². The van der Waals surface area contributed by atoms with Crippen molar-refractivity contribution in [3.63, 3.8) is 0 Å². The molecule has 2 aromatic heterocycles. The third kappa shape index (κ3) is 4.78. The summed E-state index contributed by atoms with van der Waals surface area (Å²) in [5.41, 5.74) is 2.26. The van der Waals surface area contributed by atoms with Crippen LogP contribution in [0.5, 0.6) is 11.8 Å². The molecule has 0 fully saturated rings. The third-order valence-electron chi connectivity index (χ3n) is 4.76. The number of nitrogens with zero attached hydrogens (tertiary/aromatic N) is 4. The van der Waals surface area contributed by atoms with Crippen LogP contribution in [0.3, 0.4) is 0 Å². The Morgan fingerprint density at radius 1 is 1.16 bits per heavy atom. The van der Waals surface area contributed by atoms with Gasteiger partial charge in [-0.3, -0.25) is 9.52 Å². The second-order valence-corrected chi connectivity index (χ2v) is 9.85. The van der Waals surface area contributed by atoms with E-state index in [-0.39, 0.29) is 23.1 Å². The van der Waals surface area contributed by atoms with Crippen molar-refractivity contribution in [2.75, 3.05) is 4.72 Å². The molecule has 0 aliphatic heterocycles. The smallest absolute Gasteiger partial charge is 0.324 e. The first-order valence-electron chi connectivity index (χ1n) is 9.77. The highest BCUT2D eigenvalue weighted by Gasteiger charge is 2.19. The van der Waals surface area contributed by atoms with Crippen LogP contribution < -0.4 is 15.0 Å². The quantitative estimate of drug-likeness (QED) is 0.607. The van der Waals surface area contributed by atoms with E-state index in [1.54, 1.807) is 65.2 Å². The summed E-state index contributed by atoms with van der Waals surface area (Å²) in [6.45, 7) is 6.55. The number of benzene rings is 1. The molecule has 1 aromatic carbocycles. The van der Waals surface area contributed by atoms with Gasteiger partial charge in [-0.15, -0.1) is 0 Å². The van der Waals surface area contributed by atoms with Gasteiger partial charge in [-0.1, -0.05) is 12.1 Å². The molecule has 0 bridgehead atoms. The third-order valence-corrected chi connectivity index (χ3v) is 6.49. The molecule has 0 spiro atoms. The van der Waals surface area contributed by atoms with Crippen LogP contribution in [0, 0.1) is 25.2 Å². The molecule has 2 heterocycles. The monoisotopic (exact) mass is 453 g/mol. The van der Waals surface area contributed by atoms with Gasteiger partial charge in [0.2, 0.25) is 10.0 Å². The van der Waals surface area contributed by atoms with Crippen molar-refractivity contribution in [2.45, 2.75) is 32.9 Å². The number of aryl methyl sites for hydroxylation is 3. The first kappa shape index (κ1) is 23.0. The molecule has 0 saturated heterocycles. The van der Waals surface area contributed by atoms with Gasteiger partial charge < -0.3 is 9.30 Å². The molecule has 32 heavy (non-hydrogen) atoms. The van der Waals surface area contributed by atoms with Crippen LogP contribution in [0.25, 0.3) is 11.3 Å². The molecule has 3 aromatic rings. The van der Waals surface area contributed by atoms with Crippen molar-refractivity contribution < 1.29 is 13.2 Å². The van der Waals surface area contributed by atoms with Crippen LogP contribution in [0.2, 0.25) is 0 Å². The predicted octanol–water partition coefficient (Wildman–Crippen LogP) is 3.27. The van der Waals surface area contributed by atoms with Crippen LogP contribution in [0.15, 0.2) is 41.3 Å². The molecule has 1 N–H and O–H groups in total. The Morgan fingerprint density at radius 2 is 1.88 bits per heavy atom. The van der Waals surface area contributed by atoms with Gasteiger partial charge in [0.1, 0.15) is 11.9 Å². The zero-order chi connectivity index (χ0) is 23.6. The fraction of sp³-hybridized carbons (Fsp3) is 0.273. The Balaban J connectivity index is 2.18. The Bertz CT molecular complexity index is 1360. The molecule has 3 rings (SSSR count). The zero-order valence-electron chi connectivity index (χ0n) is 18.4. The first-order chi connectivity index (χ1) is 15.0. The van der Waals surface area contributed by atoms with Crippen LogP contribution >= 0.6 is 0 Å². The number of anilines is 1. The molecule has 0 atom stereocenters. The largest absolute Gasteiger partial charge is 0.423 e. The van der Waals surface area contributed by atoms with Crippen molar-refractivity contribution >= 4 is 15.8 Å². The van der Waals surface area contributed by atoms with Crippen molar-refractivity contribution in [2.24, 2.45) is 7.05 Å². The van der Waals surface area contributed by atoms with E-state index >= 15 is 0 Å². The minimum absolute atomic E-state index is 0.0114. The lowest BCUT2D eigenvalue weighted by atomic mass is 10.1. The van der Waals surface area contributed by atoms with Gasteiger partial charge in [0.25, 0.3) is 5.56 Å². The van der Waals surface area contributed by atoms with E-state index in [2.05, 4.69) is 20.8 Å². The van der Waals surface area contributed by atoms with Crippen molar-refractivity contribution in [3.05, 3.63) is 63.6 Å². The fourth-order valence-electron chi connectivity index (χ4n) is 2.92. The van der Waals surface area contributed by atoms with E-state index < -0.39 is 15.3 Å². The number of rotatable bonds is 6. The number of para-hydroxylation sites is 1. The lowest BCUT2D eigenvalue weighted by Crippen LogP contribution is -2.23. The fourth-order valence-corrected chi connectivity index (χ4v) is 3.55. The molecule has 10 heteroatoms. The molecule has 9 nitrogen and oxygen atoms in total. The Labute approximate surface area is 186 Å². The topological polar surface area (TPSA) is 127 Å². The van der Waals surface area contributed by atoms with E-state index in [1.807, 2.05) is 0 Å². The van der Waals surface area contributed by atoms with Crippen LogP contribution in [-0.2, 0) is 17.1 Å². The molecule has 166 valence electrons. The summed E-state index contributed by atoms with van der Waals surface area (Å²) in [5.74, 6) is 0.291. The van der Waals surface area contributed by atoms with Gasteiger partial charge in [0.05, 0.1) is 16.5 Å². The minimum Gasteiger partial charge on any atom is -0.423 e. The van der Waals surface area contributed by atoms with E-state index in [0.29, 0.717) is 27.9 Å². The summed E-state index contributed by atoms with van der Waals surface area (Å²) < 4.78 is 34.6. The second kappa shape index (κ2) is 8.80. The lowest BCUT2D eigenvalue weighted by molar-refractivity contribution is 0.439. The summed E-state index contributed by atoms with van der Waals surface area (Å²) in [6, 6.07) is 10.2. The number of hydrogen-bond donors (Lipinski definition) is 1. The molecule has 0 unspecified atom stereocenters. The number of ether oxygens (including phenoxy) is 1. The highest BCUT2D eigenvalue weighted by atomic mass is 32.2. The maximum Gasteiger partial charge on any atom is 0.324 e. The molecule has 0 amide bonds. The van der Waals surface area contributed by atoms with Gasteiger partial charge in [-0.25, -0.2) is 8.42 Å². The van der Waals surface area contributed by atoms with Gasteiger partial charge in [-0.05, 0) is 45.4 Å². The highest BCUT2D eigenvalue weighted by Crippen LogP contribution is 2.30. The maximum absolute atomic E-state index is 12.4. The van der Waals surface area contributed by atoms with E-state index in [1.165, 1.54) is 10.6 Å². The Morgan fingerprint density at radius 3 is 2.50 bits per heavy atom. The Kier molecular flexibility index (Phi) is 6.32. The number of nitrogens with one attached hydrogen (secondary N) is 1. The summed E-state index contributed by atoms with van der Waals surface area (Å²) in [5, 5.41) is 8.73. The van der Waals surface area contributed by atoms with E-state index in [9.17, 15) is 18.5 Å². The predicted molar refractivity (Wildman–Crippen MR) is 121 cm³/mol. The lowest BCUT2D eigenvalue weighted by Gasteiger charge is -2.14. The second-order valence-electron chi connectivity index (χ2n) is 7.61. The summed E-state index contributed by atoms with van der Waals surface area (Å²) in [6.07, 6.45) is 1.59. The Hall–Kier alpha value is -3.71. The van der Waals surface area contributed by atoms with Gasteiger partial charge in [0.15, 0.2) is 5.75 Å². The van der Waals surface area contributed by atoms with Crippen molar-refractivity contribution in [3.8, 4) is 29.1 Å². The SMILES string of the molecule is Cc1cccc(C#N)c1Oc1nc(NS(=O)(=O)C(C)C)cc(-c2cc(C)c(=O)n(C)c2)n1. The minimum atomic E-state index is -3.69. The van der Waals surface area contributed by atoms with Crippen molar-refractivity contribution in [1.29, 1.82) is 5.26 Å². The van der Waals surface area contributed by atoms with E-state index in [4.69, 9.17) is 4.74 Å². The standard InChI is InChI=1S/C22H23N5O4S/c1-13(2)32(29,30)26-19-10-18(17-9-15(4)21(28)27(5)12-17)24-22(25-19)31-20-14(3)7-6-8-16(20)11-23/h6-10,12-13H,1-5H3,(H,24,25,26). The molecule has 0 saturated carbocycles. The molecular weight excluding hydrogens is 430 g/mol. The van der Waals surface area contributed by atoms with Crippen LogP contribution in [0.4, 0.5) is 5.82 Å². The number of nitriles is 1. The van der Waals surface area contributed by atoms with Gasteiger partial charge in [0, 0.05) is 30.4 Å². The average molecular weight is 454 g/mol. The summed E-state index contributed by atoms with van der Waals surface area (Å²) in [4.78, 5) is 20.7. The maximum atomic E-state index is 12.4. The van der Waals surface area contributed by atoms with Gasteiger partial charge in [-0.2, -0.15) is 15.2 Å². The van der Waals surface area contributed by atoms with Crippen molar-refractivity contribution in [1.82, 2.24) is 14.5 Å². The number of hydrogen-bond acceptors (Lipinski definition) is 7. The normalized spacial score (nSPS) is 11.3. The molecule has 0 aliphatic carbocycles. The van der Waals surface area contributed by atoms with Gasteiger partial charge >= 0.3 is 6.01 Å². The van der Waals surface area contributed by atoms with E-state index in [0.717, 1.165) is 0 Å². The molecular formula is C22H23N5O4S. The number of aromatic nitrogens is 3. The molecule has 0 aliphatic rings. The van der Waals surface area contributed by atoms with Crippen LogP contribution in [0.1, 0.15) is 30.5 Å². The number of pyridine rings is 1. The average Bonchev–Trinajstić information content (AvgIpc) is 2.72. The molecule has 0 radical (unpaired) electrons. The first-order valence-corrected chi connectivity index (χ1v) is 11.3. The summed E-state index contributed by atoms with van der Waals surface area (Å²) in [7, 11) is -2.07. The highest BCUT2D eigenvalue weighted by molar-refractivity contribution is 7.93. The summed E-state index contributed by atoms with van der Waals surface area (Å²) >= 11 is 0. The number of sulfonamides is 1.